The fourth-order valence-corrected chi connectivity index (χ4v) is 3.20. The number of rotatable bonds is 4. The Hall–Kier alpha value is -4.41. The van der Waals surface area contributed by atoms with Crippen molar-refractivity contribution in [3.63, 3.8) is 0 Å². The van der Waals surface area contributed by atoms with Crippen molar-refractivity contribution in [2.75, 3.05) is 10.6 Å². The van der Waals surface area contributed by atoms with Gasteiger partial charge < -0.3 is 10.6 Å². The summed E-state index contributed by atoms with van der Waals surface area (Å²) in [5.41, 5.74) is 1.38. The van der Waals surface area contributed by atoms with E-state index in [4.69, 9.17) is 0 Å². The van der Waals surface area contributed by atoms with Gasteiger partial charge in [-0.15, -0.1) is 10.2 Å². The first-order valence-electron chi connectivity index (χ1n) is 9.40. The van der Waals surface area contributed by atoms with Crippen LogP contribution in [0.4, 0.5) is 30.4 Å². The topological polar surface area (TPSA) is 88.6 Å². The van der Waals surface area contributed by atoms with Gasteiger partial charge >= 0.3 is 6.18 Å². The third-order valence-electron chi connectivity index (χ3n) is 4.76. The minimum Gasteiger partial charge on any atom is -0.341 e. The second-order valence-electron chi connectivity index (χ2n) is 6.93. The summed E-state index contributed by atoms with van der Waals surface area (Å²) in [5.74, 6) is 0.114. The summed E-state index contributed by atoms with van der Waals surface area (Å²) in [7, 11) is 0. The largest absolute Gasteiger partial charge is 0.434 e. The van der Waals surface area contributed by atoms with Gasteiger partial charge in [0, 0.05) is 29.3 Å². The van der Waals surface area contributed by atoms with Gasteiger partial charge in [-0.2, -0.15) is 13.2 Å². The van der Waals surface area contributed by atoms with E-state index in [9.17, 15) is 18.0 Å². The zero-order valence-electron chi connectivity index (χ0n) is 16.2. The SMILES string of the molecule is O=C(Nc1ccc(Nc2cccc3nc(C(F)(F)F)cn23)cc1)c1ccn2cnnc2c1. The number of alkyl halides is 3. The van der Waals surface area contributed by atoms with Crippen molar-refractivity contribution in [3.05, 3.63) is 84.6 Å². The summed E-state index contributed by atoms with van der Waals surface area (Å²) >= 11 is 0. The Bertz CT molecular complexity index is 1440. The quantitative estimate of drug-likeness (QED) is 0.435. The van der Waals surface area contributed by atoms with E-state index in [2.05, 4.69) is 25.8 Å². The van der Waals surface area contributed by atoms with Crippen molar-refractivity contribution in [1.29, 1.82) is 0 Å². The zero-order chi connectivity index (χ0) is 22.3. The molecule has 1 amide bonds. The maximum Gasteiger partial charge on any atom is 0.434 e. The number of amides is 1. The van der Waals surface area contributed by atoms with Crippen molar-refractivity contribution in [2.24, 2.45) is 0 Å². The molecule has 5 rings (SSSR count). The summed E-state index contributed by atoms with van der Waals surface area (Å²) in [4.78, 5) is 16.1. The lowest BCUT2D eigenvalue weighted by Crippen LogP contribution is -2.12. The molecule has 0 fully saturated rings. The van der Waals surface area contributed by atoms with E-state index in [1.54, 1.807) is 59.1 Å². The molecule has 4 heterocycles. The Morgan fingerprint density at radius 3 is 2.53 bits per heavy atom. The molecule has 0 unspecified atom stereocenters. The van der Waals surface area contributed by atoms with Crippen LogP contribution >= 0.6 is 0 Å². The number of hydrogen-bond donors (Lipinski definition) is 2. The molecule has 4 aromatic heterocycles. The molecule has 0 atom stereocenters. The number of halogens is 3. The molecule has 0 saturated carbocycles. The molecule has 160 valence electrons. The molecule has 0 bridgehead atoms. The number of carbonyl (C=O) groups excluding carboxylic acids is 1. The number of hydrogen-bond acceptors (Lipinski definition) is 5. The lowest BCUT2D eigenvalue weighted by atomic mass is 10.2. The van der Waals surface area contributed by atoms with Crippen molar-refractivity contribution < 1.29 is 18.0 Å². The predicted molar refractivity (Wildman–Crippen MR) is 111 cm³/mol. The number of carbonyl (C=O) groups is 1. The molecule has 0 aliphatic carbocycles. The molecule has 5 aromatic rings. The average Bonchev–Trinajstić information content (AvgIpc) is 3.42. The molecule has 11 heteroatoms. The highest BCUT2D eigenvalue weighted by Gasteiger charge is 2.34. The number of benzene rings is 1. The molecular weight excluding hydrogens is 423 g/mol. The lowest BCUT2D eigenvalue weighted by molar-refractivity contribution is -0.140. The third kappa shape index (κ3) is 3.71. The Kier molecular flexibility index (Phi) is 4.51. The standard InChI is InChI=1S/C21H14F3N7O/c22-21(23,24)16-11-31-17(2-1-3-18(31)28-16)26-14-4-6-15(7-5-14)27-20(32)13-8-9-30-12-25-29-19(30)10-13/h1-12,26H,(H,27,32). The van der Waals surface area contributed by atoms with Crippen molar-refractivity contribution in [3.8, 4) is 0 Å². The van der Waals surface area contributed by atoms with Crippen LogP contribution in [0.25, 0.3) is 11.3 Å². The molecule has 0 saturated heterocycles. The van der Waals surface area contributed by atoms with Gasteiger partial charge in [-0.05, 0) is 48.5 Å². The van der Waals surface area contributed by atoms with Crippen LogP contribution in [-0.4, -0.2) is 29.9 Å². The van der Waals surface area contributed by atoms with Gasteiger partial charge in [0.1, 0.15) is 17.8 Å². The van der Waals surface area contributed by atoms with E-state index in [1.165, 1.54) is 16.8 Å². The first kappa shape index (κ1) is 19.5. The molecule has 1 aromatic carbocycles. The minimum atomic E-state index is -4.53. The number of pyridine rings is 2. The molecule has 0 aliphatic heterocycles. The summed E-state index contributed by atoms with van der Waals surface area (Å²) in [6, 6.07) is 14.8. The maximum absolute atomic E-state index is 13.0. The van der Waals surface area contributed by atoms with Gasteiger partial charge in [-0.25, -0.2) is 4.98 Å². The maximum atomic E-state index is 13.0. The van der Waals surface area contributed by atoms with E-state index in [1.807, 2.05) is 0 Å². The highest BCUT2D eigenvalue weighted by molar-refractivity contribution is 6.04. The van der Waals surface area contributed by atoms with Crippen LogP contribution in [0, 0.1) is 0 Å². The highest BCUT2D eigenvalue weighted by atomic mass is 19.4. The molecule has 32 heavy (non-hydrogen) atoms. The summed E-state index contributed by atoms with van der Waals surface area (Å²) < 4.78 is 42.0. The second-order valence-corrected chi connectivity index (χ2v) is 6.93. The van der Waals surface area contributed by atoms with Crippen LogP contribution in [0.15, 0.2) is 73.3 Å². The number of nitrogens with zero attached hydrogens (tertiary/aromatic N) is 5. The highest BCUT2D eigenvalue weighted by Crippen LogP contribution is 2.30. The van der Waals surface area contributed by atoms with E-state index >= 15 is 0 Å². The molecule has 0 aliphatic rings. The van der Waals surface area contributed by atoms with Gasteiger partial charge in [0.25, 0.3) is 5.91 Å². The summed E-state index contributed by atoms with van der Waals surface area (Å²) in [6.45, 7) is 0. The Morgan fingerprint density at radius 1 is 0.969 bits per heavy atom. The van der Waals surface area contributed by atoms with Crippen LogP contribution in [0.2, 0.25) is 0 Å². The van der Waals surface area contributed by atoms with E-state index in [0.717, 1.165) is 6.20 Å². The third-order valence-corrected chi connectivity index (χ3v) is 4.76. The van der Waals surface area contributed by atoms with Crippen LogP contribution in [-0.2, 0) is 6.18 Å². The molecule has 0 spiro atoms. The van der Waals surface area contributed by atoms with E-state index < -0.39 is 11.9 Å². The Balaban J connectivity index is 1.33. The van der Waals surface area contributed by atoms with Crippen LogP contribution < -0.4 is 10.6 Å². The van der Waals surface area contributed by atoms with E-state index in [-0.39, 0.29) is 11.6 Å². The molecule has 2 N–H and O–H groups in total. The number of fused-ring (bicyclic) bond motifs is 2. The number of imidazole rings is 1. The lowest BCUT2D eigenvalue weighted by Gasteiger charge is -2.10. The van der Waals surface area contributed by atoms with Gasteiger partial charge in [0.05, 0.1) is 0 Å². The summed E-state index contributed by atoms with van der Waals surface area (Å²) in [6.07, 6.45) is -0.352. The molecule has 8 nitrogen and oxygen atoms in total. The van der Waals surface area contributed by atoms with E-state index in [0.29, 0.717) is 28.4 Å². The van der Waals surface area contributed by atoms with Crippen molar-refractivity contribution >= 4 is 34.4 Å². The summed E-state index contributed by atoms with van der Waals surface area (Å²) in [5, 5.41) is 13.5. The Morgan fingerprint density at radius 2 is 1.75 bits per heavy atom. The number of anilines is 3. The van der Waals surface area contributed by atoms with Crippen LogP contribution in [0.1, 0.15) is 16.1 Å². The average molecular weight is 437 g/mol. The van der Waals surface area contributed by atoms with Gasteiger partial charge in [0.2, 0.25) is 0 Å². The first-order chi connectivity index (χ1) is 15.4. The van der Waals surface area contributed by atoms with Crippen molar-refractivity contribution in [1.82, 2.24) is 24.0 Å². The smallest absolute Gasteiger partial charge is 0.341 e. The first-order valence-corrected chi connectivity index (χ1v) is 9.40. The van der Waals surface area contributed by atoms with Gasteiger partial charge in [-0.3, -0.25) is 13.6 Å². The fourth-order valence-electron chi connectivity index (χ4n) is 3.20. The van der Waals surface area contributed by atoms with Crippen LogP contribution in [0.5, 0.6) is 0 Å². The predicted octanol–water partition coefficient (Wildman–Crippen LogP) is 4.39. The fraction of sp³-hybridized carbons (Fsp3) is 0.0476. The normalized spacial score (nSPS) is 11.7. The van der Waals surface area contributed by atoms with Gasteiger partial charge in [-0.1, -0.05) is 6.07 Å². The minimum absolute atomic E-state index is 0.177. The number of aromatic nitrogens is 5. The Labute approximate surface area is 178 Å². The molecular formula is C21H14F3N7O. The van der Waals surface area contributed by atoms with Gasteiger partial charge in [0.15, 0.2) is 11.3 Å². The zero-order valence-corrected chi connectivity index (χ0v) is 16.2. The number of nitrogens with one attached hydrogen (secondary N) is 2. The van der Waals surface area contributed by atoms with Crippen molar-refractivity contribution in [2.45, 2.75) is 6.18 Å². The molecule has 0 radical (unpaired) electrons. The monoisotopic (exact) mass is 437 g/mol. The van der Waals surface area contributed by atoms with Crippen LogP contribution in [0.3, 0.4) is 0 Å². The second kappa shape index (κ2) is 7.38.